The van der Waals surface area contributed by atoms with Crippen molar-refractivity contribution in [1.82, 2.24) is 10.2 Å². The van der Waals surface area contributed by atoms with Gasteiger partial charge in [0.2, 0.25) is 0 Å². The van der Waals surface area contributed by atoms with Crippen LogP contribution in [0.4, 0.5) is 0 Å². The smallest absolute Gasteiger partial charge is 0.00965 e. The van der Waals surface area contributed by atoms with Crippen LogP contribution >= 0.6 is 0 Å². The maximum Gasteiger partial charge on any atom is 0.00965 e. The topological polar surface area (TPSA) is 15.3 Å². The van der Waals surface area contributed by atoms with Crippen molar-refractivity contribution in [3.63, 3.8) is 0 Å². The van der Waals surface area contributed by atoms with E-state index in [0.29, 0.717) is 0 Å². The summed E-state index contributed by atoms with van der Waals surface area (Å²) in [5.74, 6) is 0.827. The Labute approximate surface area is 109 Å². The van der Waals surface area contributed by atoms with Gasteiger partial charge in [-0.3, -0.25) is 0 Å². The minimum Gasteiger partial charge on any atom is -0.312 e. The lowest BCUT2D eigenvalue weighted by molar-refractivity contribution is 0.301. The Morgan fingerprint density at radius 1 is 1.00 bits per heavy atom. The maximum atomic E-state index is 3.54. The summed E-state index contributed by atoms with van der Waals surface area (Å²) in [6.45, 7) is 14.9. The van der Waals surface area contributed by atoms with Crippen LogP contribution in [0.15, 0.2) is 0 Å². The number of rotatable bonds is 9. The minimum absolute atomic E-state index is 0.272. The van der Waals surface area contributed by atoms with Crippen molar-refractivity contribution in [2.24, 2.45) is 5.92 Å². The molecule has 0 aliphatic carbocycles. The van der Waals surface area contributed by atoms with E-state index in [9.17, 15) is 0 Å². The lowest BCUT2D eigenvalue weighted by Crippen LogP contribution is -2.36. The van der Waals surface area contributed by atoms with Gasteiger partial charge in [0.25, 0.3) is 0 Å². The molecular weight excluding hydrogens is 208 g/mol. The summed E-state index contributed by atoms with van der Waals surface area (Å²) in [7, 11) is 2.25. The minimum atomic E-state index is 0.272. The first-order valence-corrected chi connectivity index (χ1v) is 7.25. The maximum absolute atomic E-state index is 3.54. The zero-order valence-corrected chi connectivity index (χ0v) is 13.0. The molecule has 0 aliphatic heterocycles. The summed E-state index contributed by atoms with van der Waals surface area (Å²) in [6, 6.07) is 0. The molecule has 0 rings (SSSR count). The Hall–Kier alpha value is -0.0800. The first-order valence-electron chi connectivity index (χ1n) is 7.25. The molecule has 0 aliphatic rings. The Morgan fingerprint density at radius 3 is 2.18 bits per heavy atom. The Balaban J connectivity index is 3.28. The van der Waals surface area contributed by atoms with Crippen LogP contribution in [0.1, 0.15) is 60.3 Å². The molecule has 0 aromatic heterocycles. The molecule has 0 fully saturated rings. The van der Waals surface area contributed by atoms with Crippen molar-refractivity contribution in [3.05, 3.63) is 0 Å². The summed E-state index contributed by atoms with van der Waals surface area (Å²) in [5, 5.41) is 3.54. The number of hydrogen-bond donors (Lipinski definition) is 1. The third kappa shape index (κ3) is 13.9. The van der Waals surface area contributed by atoms with Gasteiger partial charge in [0.1, 0.15) is 0 Å². The van der Waals surface area contributed by atoms with E-state index in [0.717, 1.165) is 12.5 Å². The summed E-state index contributed by atoms with van der Waals surface area (Å²) >= 11 is 0. The average Bonchev–Trinajstić information content (AvgIpc) is 2.18. The first-order chi connectivity index (χ1) is 7.81. The molecule has 17 heavy (non-hydrogen) atoms. The van der Waals surface area contributed by atoms with Gasteiger partial charge in [-0.1, -0.05) is 20.3 Å². The molecule has 0 spiro atoms. The average molecular weight is 242 g/mol. The van der Waals surface area contributed by atoms with Crippen molar-refractivity contribution in [1.29, 1.82) is 0 Å². The summed E-state index contributed by atoms with van der Waals surface area (Å²) in [6.07, 6.45) is 5.30. The highest BCUT2D eigenvalue weighted by Crippen LogP contribution is 2.04. The predicted octanol–water partition coefficient (Wildman–Crippen LogP) is 3.52. The van der Waals surface area contributed by atoms with E-state index >= 15 is 0 Å². The third-order valence-electron chi connectivity index (χ3n) is 2.96. The lowest BCUT2D eigenvalue weighted by atomic mass is 10.1. The molecule has 2 nitrogen and oxygen atoms in total. The van der Waals surface area contributed by atoms with Crippen LogP contribution in [0, 0.1) is 5.92 Å². The largest absolute Gasteiger partial charge is 0.312 e. The van der Waals surface area contributed by atoms with Gasteiger partial charge in [0.15, 0.2) is 0 Å². The Morgan fingerprint density at radius 2 is 1.65 bits per heavy atom. The molecule has 0 atom stereocenters. The fraction of sp³-hybridized carbons (Fsp3) is 1.00. The molecule has 0 unspecified atom stereocenters. The van der Waals surface area contributed by atoms with Crippen LogP contribution in [0.3, 0.4) is 0 Å². The molecule has 0 heterocycles. The standard InChI is InChI=1S/C15H34N2/c1-14(2)10-13-17(6)12-9-7-8-11-16-15(3,4)5/h14,16H,7-13H2,1-6H3. The van der Waals surface area contributed by atoms with Gasteiger partial charge in [0.05, 0.1) is 0 Å². The lowest BCUT2D eigenvalue weighted by Gasteiger charge is -2.21. The number of hydrogen-bond acceptors (Lipinski definition) is 2. The van der Waals surface area contributed by atoms with Gasteiger partial charge in [0, 0.05) is 5.54 Å². The molecule has 0 aromatic carbocycles. The van der Waals surface area contributed by atoms with Gasteiger partial charge < -0.3 is 10.2 Å². The van der Waals surface area contributed by atoms with E-state index in [4.69, 9.17) is 0 Å². The third-order valence-corrected chi connectivity index (χ3v) is 2.96. The molecule has 2 heteroatoms. The molecule has 0 saturated heterocycles. The number of nitrogens with one attached hydrogen (secondary N) is 1. The second kappa shape index (κ2) is 8.93. The van der Waals surface area contributed by atoms with Crippen molar-refractivity contribution >= 4 is 0 Å². The van der Waals surface area contributed by atoms with Crippen LogP contribution in [0.2, 0.25) is 0 Å². The zero-order chi connectivity index (χ0) is 13.3. The van der Waals surface area contributed by atoms with Crippen LogP contribution < -0.4 is 5.32 Å². The van der Waals surface area contributed by atoms with Gasteiger partial charge >= 0.3 is 0 Å². The molecule has 0 aromatic rings. The fourth-order valence-electron chi connectivity index (χ4n) is 1.74. The summed E-state index contributed by atoms with van der Waals surface area (Å²) < 4.78 is 0. The molecular formula is C15H34N2. The van der Waals surface area contributed by atoms with E-state index in [2.05, 4.69) is 51.9 Å². The molecule has 0 amide bonds. The van der Waals surface area contributed by atoms with E-state index in [1.807, 2.05) is 0 Å². The van der Waals surface area contributed by atoms with Crippen LogP contribution in [-0.2, 0) is 0 Å². The van der Waals surface area contributed by atoms with Crippen LogP contribution in [0.5, 0.6) is 0 Å². The summed E-state index contributed by atoms with van der Waals surface area (Å²) in [5.41, 5.74) is 0.272. The van der Waals surface area contributed by atoms with Crippen LogP contribution in [0.25, 0.3) is 0 Å². The predicted molar refractivity (Wildman–Crippen MR) is 78.6 cm³/mol. The van der Waals surface area contributed by atoms with Gasteiger partial charge in [-0.05, 0) is 72.6 Å². The Bertz CT molecular complexity index is 170. The van der Waals surface area contributed by atoms with Gasteiger partial charge in [-0.25, -0.2) is 0 Å². The second-order valence-electron chi connectivity index (χ2n) is 6.72. The quantitative estimate of drug-likeness (QED) is 0.622. The summed E-state index contributed by atoms with van der Waals surface area (Å²) in [4.78, 5) is 2.47. The molecule has 104 valence electrons. The highest BCUT2D eigenvalue weighted by molar-refractivity contribution is 4.69. The normalized spacial score (nSPS) is 12.7. The van der Waals surface area contributed by atoms with E-state index in [-0.39, 0.29) is 5.54 Å². The molecule has 0 bridgehead atoms. The van der Waals surface area contributed by atoms with E-state index in [1.165, 1.54) is 38.8 Å². The number of unbranched alkanes of at least 4 members (excludes halogenated alkanes) is 2. The monoisotopic (exact) mass is 242 g/mol. The van der Waals surface area contributed by atoms with Gasteiger partial charge in [-0.2, -0.15) is 0 Å². The first kappa shape index (κ1) is 16.9. The van der Waals surface area contributed by atoms with Crippen molar-refractivity contribution in [2.45, 2.75) is 65.8 Å². The number of nitrogens with zero attached hydrogens (tertiary/aromatic N) is 1. The zero-order valence-electron chi connectivity index (χ0n) is 13.0. The van der Waals surface area contributed by atoms with Crippen molar-refractivity contribution < 1.29 is 0 Å². The van der Waals surface area contributed by atoms with E-state index < -0.39 is 0 Å². The SMILES string of the molecule is CC(C)CCN(C)CCCCCNC(C)(C)C. The van der Waals surface area contributed by atoms with Crippen molar-refractivity contribution in [2.75, 3.05) is 26.7 Å². The Kier molecular flexibility index (Phi) is 8.89. The molecule has 0 radical (unpaired) electrons. The fourth-order valence-corrected chi connectivity index (χ4v) is 1.74. The molecule has 0 saturated carbocycles. The van der Waals surface area contributed by atoms with Crippen LogP contribution in [-0.4, -0.2) is 37.1 Å². The molecule has 1 N–H and O–H groups in total. The highest BCUT2D eigenvalue weighted by atomic mass is 15.1. The van der Waals surface area contributed by atoms with Gasteiger partial charge in [-0.15, -0.1) is 0 Å². The van der Waals surface area contributed by atoms with Crippen molar-refractivity contribution in [3.8, 4) is 0 Å². The second-order valence-corrected chi connectivity index (χ2v) is 6.72. The highest BCUT2D eigenvalue weighted by Gasteiger charge is 2.07. The van der Waals surface area contributed by atoms with E-state index in [1.54, 1.807) is 0 Å².